The Labute approximate surface area is 110 Å². The SMILES string of the molecule is CC(C)n1nccc1C(=O)c1ccc(N)c(Cl)c1. The van der Waals surface area contributed by atoms with Crippen molar-refractivity contribution < 1.29 is 4.79 Å². The highest BCUT2D eigenvalue weighted by Gasteiger charge is 2.16. The minimum Gasteiger partial charge on any atom is -0.398 e. The fourth-order valence-corrected chi connectivity index (χ4v) is 1.90. The third kappa shape index (κ3) is 2.24. The van der Waals surface area contributed by atoms with Crippen LogP contribution in [-0.2, 0) is 0 Å². The van der Waals surface area contributed by atoms with Gasteiger partial charge in [-0.05, 0) is 38.1 Å². The highest BCUT2D eigenvalue weighted by atomic mass is 35.5. The smallest absolute Gasteiger partial charge is 0.211 e. The van der Waals surface area contributed by atoms with E-state index in [0.717, 1.165) is 0 Å². The van der Waals surface area contributed by atoms with Gasteiger partial charge in [0.05, 0.1) is 10.7 Å². The molecule has 94 valence electrons. The van der Waals surface area contributed by atoms with Crippen molar-refractivity contribution in [1.29, 1.82) is 0 Å². The molecule has 5 heteroatoms. The molecule has 4 nitrogen and oxygen atoms in total. The van der Waals surface area contributed by atoms with Gasteiger partial charge in [-0.15, -0.1) is 0 Å². The first-order valence-corrected chi connectivity index (χ1v) is 6.01. The summed E-state index contributed by atoms with van der Waals surface area (Å²) in [4.78, 5) is 12.3. The summed E-state index contributed by atoms with van der Waals surface area (Å²) in [6.45, 7) is 3.94. The number of halogens is 1. The van der Waals surface area contributed by atoms with Gasteiger partial charge in [-0.1, -0.05) is 11.6 Å². The lowest BCUT2D eigenvalue weighted by Gasteiger charge is -2.10. The minimum atomic E-state index is -0.108. The van der Waals surface area contributed by atoms with Crippen LogP contribution >= 0.6 is 11.6 Å². The molecule has 1 aromatic carbocycles. The topological polar surface area (TPSA) is 60.9 Å². The number of hydrogen-bond donors (Lipinski definition) is 1. The maximum Gasteiger partial charge on any atom is 0.211 e. The largest absolute Gasteiger partial charge is 0.398 e. The van der Waals surface area contributed by atoms with E-state index in [1.165, 1.54) is 0 Å². The van der Waals surface area contributed by atoms with Crippen LogP contribution in [0.3, 0.4) is 0 Å². The molecule has 2 aromatic rings. The minimum absolute atomic E-state index is 0.108. The van der Waals surface area contributed by atoms with Crippen molar-refractivity contribution in [1.82, 2.24) is 9.78 Å². The molecule has 0 unspecified atom stereocenters. The monoisotopic (exact) mass is 263 g/mol. The van der Waals surface area contributed by atoms with Crippen LogP contribution < -0.4 is 5.73 Å². The second-order valence-corrected chi connectivity index (χ2v) is 4.73. The van der Waals surface area contributed by atoms with Gasteiger partial charge in [0, 0.05) is 17.8 Å². The summed E-state index contributed by atoms with van der Waals surface area (Å²) in [6, 6.07) is 6.71. The second kappa shape index (κ2) is 4.82. The molecule has 0 atom stereocenters. The van der Waals surface area contributed by atoms with Gasteiger partial charge >= 0.3 is 0 Å². The van der Waals surface area contributed by atoms with Crippen molar-refractivity contribution in [3.05, 3.63) is 46.7 Å². The van der Waals surface area contributed by atoms with Gasteiger partial charge in [-0.2, -0.15) is 5.10 Å². The van der Waals surface area contributed by atoms with Gasteiger partial charge < -0.3 is 5.73 Å². The van der Waals surface area contributed by atoms with Gasteiger partial charge in [0.25, 0.3) is 0 Å². The Balaban J connectivity index is 2.42. The van der Waals surface area contributed by atoms with E-state index < -0.39 is 0 Å². The van der Waals surface area contributed by atoms with Crippen LogP contribution in [0.15, 0.2) is 30.5 Å². The van der Waals surface area contributed by atoms with Gasteiger partial charge in [0.15, 0.2) is 0 Å². The molecule has 0 fully saturated rings. The van der Waals surface area contributed by atoms with E-state index in [4.69, 9.17) is 17.3 Å². The van der Waals surface area contributed by atoms with Crippen LogP contribution in [0.25, 0.3) is 0 Å². The predicted molar refractivity (Wildman–Crippen MR) is 71.9 cm³/mol. The third-order valence-electron chi connectivity index (χ3n) is 2.65. The number of rotatable bonds is 3. The summed E-state index contributed by atoms with van der Waals surface area (Å²) < 4.78 is 1.69. The Morgan fingerprint density at radius 1 is 1.39 bits per heavy atom. The number of nitrogens with two attached hydrogens (primary N) is 1. The fraction of sp³-hybridized carbons (Fsp3) is 0.231. The highest BCUT2D eigenvalue weighted by molar-refractivity contribution is 6.33. The lowest BCUT2D eigenvalue weighted by atomic mass is 10.1. The lowest BCUT2D eigenvalue weighted by molar-refractivity contribution is 0.102. The Morgan fingerprint density at radius 3 is 2.72 bits per heavy atom. The zero-order valence-electron chi connectivity index (χ0n) is 10.2. The van der Waals surface area contributed by atoms with Gasteiger partial charge in [0.1, 0.15) is 5.69 Å². The van der Waals surface area contributed by atoms with E-state index in [2.05, 4.69) is 5.10 Å². The number of carbonyl (C=O) groups excluding carboxylic acids is 1. The summed E-state index contributed by atoms with van der Waals surface area (Å²) in [5, 5.41) is 4.53. The molecular formula is C13H14ClN3O. The fourth-order valence-electron chi connectivity index (χ4n) is 1.72. The molecule has 0 saturated heterocycles. The molecule has 0 aliphatic carbocycles. The molecule has 0 spiro atoms. The Morgan fingerprint density at radius 2 is 2.11 bits per heavy atom. The molecule has 0 aliphatic rings. The van der Waals surface area contributed by atoms with Gasteiger partial charge in [-0.25, -0.2) is 0 Å². The number of benzene rings is 1. The Kier molecular flexibility index (Phi) is 3.39. The Bertz CT molecular complexity index is 590. The van der Waals surface area contributed by atoms with Crippen LogP contribution in [-0.4, -0.2) is 15.6 Å². The predicted octanol–water partition coefficient (Wildman–Crippen LogP) is 2.93. The molecule has 1 aromatic heterocycles. The first-order chi connectivity index (χ1) is 8.50. The van der Waals surface area contributed by atoms with Gasteiger partial charge in [0.2, 0.25) is 5.78 Å². The number of aromatic nitrogens is 2. The maximum absolute atomic E-state index is 12.3. The van der Waals surface area contributed by atoms with E-state index in [1.54, 1.807) is 35.1 Å². The Hall–Kier alpha value is -1.81. The van der Waals surface area contributed by atoms with Crippen LogP contribution in [0, 0.1) is 0 Å². The first kappa shape index (κ1) is 12.6. The van der Waals surface area contributed by atoms with Crippen molar-refractivity contribution in [2.24, 2.45) is 0 Å². The molecule has 18 heavy (non-hydrogen) atoms. The molecule has 0 bridgehead atoms. The first-order valence-electron chi connectivity index (χ1n) is 5.64. The molecule has 0 aliphatic heterocycles. The highest BCUT2D eigenvalue weighted by Crippen LogP contribution is 2.22. The quantitative estimate of drug-likeness (QED) is 0.684. The number of hydrogen-bond acceptors (Lipinski definition) is 3. The molecule has 2 rings (SSSR count). The average molecular weight is 264 g/mol. The van der Waals surface area contributed by atoms with E-state index in [1.807, 2.05) is 13.8 Å². The molecule has 0 radical (unpaired) electrons. The zero-order chi connectivity index (χ0) is 13.3. The van der Waals surface area contributed by atoms with Crippen molar-refractivity contribution in [2.75, 3.05) is 5.73 Å². The number of anilines is 1. The molecule has 0 saturated carbocycles. The van der Waals surface area contributed by atoms with E-state index in [9.17, 15) is 4.79 Å². The van der Waals surface area contributed by atoms with Crippen molar-refractivity contribution in [2.45, 2.75) is 19.9 Å². The van der Waals surface area contributed by atoms with Crippen LogP contribution in [0.4, 0.5) is 5.69 Å². The van der Waals surface area contributed by atoms with E-state index in [-0.39, 0.29) is 11.8 Å². The van der Waals surface area contributed by atoms with E-state index in [0.29, 0.717) is 22.0 Å². The second-order valence-electron chi connectivity index (χ2n) is 4.32. The van der Waals surface area contributed by atoms with Crippen LogP contribution in [0.2, 0.25) is 5.02 Å². The zero-order valence-corrected chi connectivity index (χ0v) is 11.0. The number of nitrogen functional groups attached to an aromatic ring is 1. The summed E-state index contributed by atoms with van der Waals surface area (Å²) in [5.41, 5.74) is 7.15. The molecular weight excluding hydrogens is 250 g/mol. The summed E-state index contributed by atoms with van der Waals surface area (Å²) in [5.74, 6) is -0.108. The molecule has 0 amide bonds. The maximum atomic E-state index is 12.3. The van der Waals surface area contributed by atoms with Crippen molar-refractivity contribution >= 4 is 23.1 Å². The number of nitrogens with zero attached hydrogens (tertiary/aromatic N) is 2. The van der Waals surface area contributed by atoms with Gasteiger partial charge in [-0.3, -0.25) is 9.48 Å². The van der Waals surface area contributed by atoms with Crippen molar-refractivity contribution in [3.63, 3.8) is 0 Å². The normalized spacial score (nSPS) is 10.9. The van der Waals surface area contributed by atoms with Crippen LogP contribution in [0.1, 0.15) is 35.9 Å². The standard InChI is InChI=1S/C13H14ClN3O/c1-8(2)17-12(5-6-16-17)13(18)9-3-4-11(15)10(14)7-9/h3-8H,15H2,1-2H3. The number of ketones is 1. The average Bonchev–Trinajstić information content (AvgIpc) is 2.81. The summed E-state index contributed by atoms with van der Waals surface area (Å²) in [6.07, 6.45) is 1.62. The summed E-state index contributed by atoms with van der Waals surface area (Å²) >= 11 is 5.92. The number of carbonyl (C=O) groups is 1. The summed E-state index contributed by atoms with van der Waals surface area (Å²) in [7, 11) is 0. The molecule has 2 N–H and O–H groups in total. The van der Waals surface area contributed by atoms with Crippen molar-refractivity contribution in [3.8, 4) is 0 Å². The molecule has 1 heterocycles. The van der Waals surface area contributed by atoms with E-state index >= 15 is 0 Å². The van der Waals surface area contributed by atoms with Crippen LogP contribution in [0.5, 0.6) is 0 Å². The lowest BCUT2D eigenvalue weighted by Crippen LogP contribution is -2.13. The third-order valence-corrected chi connectivity index (χ3v) is 2.98.